The normalized spacial score (nSPS) is 19.6. The molecule has 1 fully saturated rings. The molecule has 1 aliphatic rings. The molecule has 0 unspecified atom stereocenters. The summed E-state index contributed by atoms with van der Waals surface area (Å²) in [4.78, 5) is 11.4. The van der Waals surface area contributed by atoms with Crippen molar-refractivity contribution in [3.63, 3.8) is 0 Å². The number of carbonyl (C=O) groups is 1. The van der Waals surface area contributed by atoms with E-state index < -0.39 is 0 Å². The monoisotopic (exact) mass is 237 g/mol. The van der Waals surface area contributed by atoms with E-state index in [4.69, 9.17) is 5.26 Å². The Kier molecular flexibility index (Phi) is 5.43. The van der Waals surface area contributed by atoms with Gasteiger partial charge in [0.1, 0.15) is 0 Å². The largest absolute Gasteiger partial charge is 0.354 e. The Bertz CT molecular complexity index is 284. The highest BCUT2D eigenvalue weighted by molar-refractivity contribution is 5.77. The molecule has 1 saturated carbocycles. The van der Waals surface area contributed by atoms with Gasteiger partial charge in [0, 0.05) is 12.6 Å². The van der Waals surface area contributed by atoms with Gasteiger partial charge in [-0.25, -0.2) is 0 Å². The minimum absolute atomic E-state index is 0.00918. The molecule has 0 aromatic carbocycles. The van der Waals surface area contributed by atoms with Gasteiger partial charge in [-0.1, -0.05) is 13.8 Å². The summed E-state index contributed by atoms with van der Waals surface area (Å²) in [5.41, 5.74) is 0.466. The number of nitrogens with one attached hydrogen (secondary N) is 2. The van der Waals surface area contributed by atoms with E-state index in [2.05, 4.69) is 24.5 Å². The molecule has 0 aromatic rings. The van der Waals surface area contributed by atoms with E-state index in [1.165, 1.54) is 12.8 Å². The zero-order chi connectivity index (χ0) is 12.7. The SMILES string of the molecule is CC1(C)CCC(NCC(=O)NCCC#N)CC1. The van der Waals surface area contributed by atoms with Crippen LogP contribution in [0.2, 0.25) is 0 Å². The number of hydrogen-bond donors (Lipinski definition) is 2. The van der Waals surface area contributed by atoms with Crippen LogP contribution < -0.4 is 10.6 Å². The van der Waals surface area contributed by atoms with Crippen LogP contribution in [0.15, 0.2) is 0 Å². The van der Waals surface area contributed by atoms with E-state index >= 15 is 0 Å². The molecule has 96 valence electrons. The molecule has 0 heterocycles. The van der Waals surface area contributed by atoms with Crippen molar-refractivity contribution in [3.05, 3.63) is 0 Å². The maximum Gasteiger partial charge on any atom is 0.233 e. The average molecular weight is 237 g/mol. The predicted molar refractivity (Wildman–Crippen MR) is 67.3 cm³/mol. The minimum atomic E-state index is -0.00918. The molecule has 4 nitrogen and oxygen atoms in total. The zero-order valence-electron chi connectivity index (χ0n) is 10.9. The summed E-state index contributed by atoms with van der Waals surface area (Å²) in [6.45, 7) is 5.43. The Morgan fingerprint density at radius 1 is 1.41 bits per heavy atom. The highest BCUT2D eigenvalue weighted by Gasteiger charge is 2.26. The van der Waals surface area contributed by atoms with Crippen LogP contribution >= 0.6 is 0 Å². The van der Waals surface area contributed by atoms with Crippen LogP contribution in [0.3, 0.4) is 0 Å². The van der Waals surface area contributed by atoms with Gasteiger partial charge in [0.15, 0.2) is 0 Å². The van der Waals surface area contributed by atoms with Crippen molar-refractivity contribution in [2.75, 3.05) is 13.1 Å². The Hall–Kier alpha value is -1.08. The molecule has 1 rings (SSSR count). The summed E-state index contributed by atoms with van der Waals surface area (Å²) >= 11 is 0. The van der Waals surface area contributed by atoms with Gasteiger partial charge < -0.3 is 10.6 Å². The van der Waals surface area contributed by atoms with Crippen molar-refractivity contribution in [1.29, 1.82) is 5.26 Å². The van der Waals surface area contributed by atoms with Crippen LogP contribution in [0.4, 0.5) is 0 Å². The fourth-order valence-corrected chi connectivity index (χ4v) is 2.16. The highest BCUT2D eigenvalue weighted by Crippen LogP contribution is 2.34. The minimum Gasteiger partial charge on any atom is -0.354 e. The second-order valence-electron chi connectivity index (χ2n) is 5.58. The lowest BCUT2D eigenvalue weighted by Crippen LogP contribution is -2.41. The van der Waals surface area contributed by atoms with Crippen molar-refractivity contribution in [2.45, 2.75) is 52.0 Å². The lowest BCUT2D eigenvalue weighted by molar-refractivity contribution is -0.120. The van der Waals surface area contributed by atoms with Gasteiger partial charge in [-0.05, 0) is 31.1 Å². The third kappa shape index (κ3) is 5.69. The Balaban J connectivity index is 2.11. The van der Waals surface area contributed by atoms with E-state index in [0.717, 1.165) is 12.8 Å². The topological polar surface area (TPSA) is 64.9 Å². The van der Waals surface area contributed by atoms with Crippen LogP contribution in [0.1, 0.15) is 46.0 Å². The number of rotatable bonds is 5. The van der Waals surface area contributed by atoms with Crippen LogP contribution in [0.5, 0.6) is 0 Å². The van der Waals surface area contributed by atoms with Gasteiger partial charge >= 0.3 is 0 Å². The maximum atomic E-state index is 11.4. The highest BCUT2D eigenvalue weighted by atomic mass is 16.1. The predicted octanol–water partition coefficient (Wildman–Crippen LogP) is 1.57. The van der Waals surface area contributed by atoms with Crippen molar-refractivity contribution < 1.29 is 4.79 Å². The van der Waals surface area contributed by atoms with E-state index in [1.807, 2.05) is 6.07 Å². The fraction of sp³-hybridized carbons (Fsp3) is 0.846. The van der Waals surface area contributed by atoms with Gasteiger partial charge in [0.2, 0.25) is 5.91 Å². The molecule has 0 atom stereocenters. The lowest BCUT2D eigenvalue weighted by atomic mass is 9.75. The van der Waals surface area contributed by atoms with E-state index in [9.17, 15) is 4.79 Å². The van der Waals surface area contributed by atoms with E-state index in [1.54, 1.807) is 0 Å². The van der Waals surface area contributed by atoms with Crippen LogP contribution in [0.25, 0.3) is 0 Å². The van der Waals surface area contributed by atoms with E-state index in [-0.39, 0.29) is 5.91 Å². The van der Waals surface area contributed by atoms with Crippen molar-refractivity contribution >= 4 is 5.91 Å². The molecular formula is C13H23N3O. The van der Waals surface area contributed by atoms with Crippen LogP contribution in [-0.4, -0.2) is 25.0 Å². The molecule has 4 heteroatoms. The number of carbonyl (C=O) groups excluding carboxylic acids is 1. The summed E-state index contributed by atoms with van der Waals surface area (Å²) in [6.07, 6.45) is 5.13. The molecule has 0 aromatic heterocycles. The molecule has 0 bridgehead atoms. The van der Waals surface area contributed by atoms with Crippen molar-refractivity contribution in [1.82, 2.24) is 10.6 Å². The smallest absolute Gasteiger partial charge is 0.233 e. The van der Waals surface area contributed by atoms with Gasteiger partial charge in [0.25, 0.3) is 0 Å². The average Bonchev–Trinajstić information content (AvgIpc) is 2.28. The number of amides is 1. The summed E-state index contributed by atoms with van der Waals surface area (Å²) in [6, 6.07) is 2.48. The molecule has 1 aliphatic carbocycles. The van der Waals surface area contributed by atoms with Crippen molar-refractivity contribution in [3.8, 4) is 6.07 Å². The first-order chi connectivity index (χ1) is 8.03. The summed E-state index contributed by atoms with van der Waals surface area (Å²) in [7, 11) is 0. The number of nitriles is 1. The molecule has 0 spiro atoms. The molecule has 2 N–H and O–H groups in total. The van der Waals surface area contributed by atoms with Gasteiger partial charge in [0.05, 0.1) is 19.0 Å². The number of hydrogen-bond acceptors (Lipinski definition) is 3. The van der Waals surface area contributed by atoms with Crippen LogP contribution in [-0.2, 0) is 4.79 Å². The van der Waals surface area contributed by atoms with Crippen LogP contribution in [0, 0.1) is 16.7 Å². The molecule has 1 amide bonds. The van der Waals surface area contributed by atoms with Gasteiger partial charge in [-0.2, -0.15) is 5.26 Å². The summed E-state index contributed by atoms with van der Waals surface area (Å²) in [5.74, 6) is -0.00918. The molecule has 0 radical (unpaired) electrons. The van der Waals surface area contributed by atoms with Crippen molar-refractivity contribution in [2.24, 2.45) is 5.41 Å². The Morgan fingerprint density at radius 3 is 2.65 bits per heavy atom. The first-order valence-electron chi connectivity index (χ1n) is 6.40. The summed E-state index contributed by atoms with van der Waals surface area (Å²) in [5, 5.41) is 14.4. The first-order valence-corrected chi connectivity index (χ1v) is 6.40. The lowest BCUT2D eigenvalue weighted by Gasteiger charge is -2.34. The number of nitrogens with zero attached hydrogens (tertiary/aromatic N) is 1. The zero-order valence-corrected chi connectivity index (χ0v) is 10.9. The fourth-order valence-electron chi connectivity index (χ4n) is 2.16. The summed E-state index contributed by atoms with van der Waals surface area (Å²) < 4.78 is 0. The Labute approximate surface area is 104 Å². The quantitative estimate of drug-likeness (QED) is 0.713. The van der Waals surface area contributed by atoms with Gasteiger partial charge in [-0.15, -0.1) is 0 Å². The maximum absolute atomic E-state index is 11.4. The molecule has 17 heavy (non-hydrogen) atoms. The van der Waals surface area contributed by atoms with Gasteiger partial charge in [-0.3, -0.25) is 4.79 Å². The molecule has 0 aliphatic heterocycles. The Morgan fingerprint density at radius 2 is 2.06 bits per heavy atom. The molecular weight excluding hydrogens is 214 g/mol. The first kappa shape index (κ1) is 14.0. The molecule has 0 saturated heterocycles. The second-order valence-corrected chi connectivity index (χ2v) is 5.58. The van der Waals surface area contributed by atoms with E-state index in [0.29, 0.717) is 31.0 Å². The second kappa shape index (κ2) is 6.61. The third-order valence-corrected chi connectivity index (χ3v) is 3.45. The standard InChI is InChI=1S/C13H23N3O/c1-13(2)6-4-11(5-7-13)16-10-12(17)15-9-3-8-14/h11,16H,3-7,9-10H2,1-2H3,(H,15,17). The third-order valence-electron chi connectivity index (χ3n) is 3.45.